The van der Waals surface area contributed by atoms with Crippen LogP contribution < -0.4 is 10.1 Å². The average molecular weight is 485 g/mol. The van der Waals surface area contributed by atoms with Crippen molar-refractivity contribution in [3.05, 3.63) is 47.6 Å². The number of amides is 2. The van der Waals surface area contributed by atoms with E-state index in [1.54, 1.807) is 31.1 Å². The molecule has 1 aliphatic heterocycles. The van der Waals surface area contributed by atoms with Gasteiger partial charge in [0.25, 0.3) is 5.91 Å². The molecule has 0 bridgehead atoms. The van der Waals surface area contributed by atoms with E-state index in [9.17, 15) is 14.0 Å². The fraction of sp³-hybridized carbons (Fsp3) is 0.458. The molecule has 0 radical (unpaired) electrons. The molecule has 1 aliphatic rings. The predicted molar refractivity (Wildman–Crippen MR) is 126 cm³/mol. The lowest BCUT2D eigenvalue weighted by molar-refractivity contribution is 0.0292. The van der Waals surface area contributed by atoms with Crippen LogP contribution in [0.1, 0.15) is 61.9 Å². The van der Waals surface area contributed by atoms with E-state index < -0.39 is 17.3 Å². The second-order valence-electron chi connectivity index (χ2n) is 9.44. The first-order valence-corrected chi connectivity index (χ1v) is 11.5. The first-order valence-electron chi connectivity index (χ1n) is 11.5. The molecule has 0 saturated carbocycles. The summed E-state index contributed by atoms with van der Waals surface area (Å²) in [5, 5.41) is 2.67. The number of aromatic nitrogens is 4. The molecule has 1 unspecified atom stereocenters. The Kier molecular flexibility index (Phi) is 6.60. The lowest BCUT2D eigenvalue weighted by Gasteiger charge is -2.24. The van der Waals surface area contributed by atoms with Crippen molar-refractivity contribution in [2.75, 3.05) is 25.0 Å². The minimum atomic E-state index is -0.576. The average Bonchev–Trinajstić information content (AvgIpc) is 3.39. The zero-order valence-corrected chi connectivity index (χ0v) is 20.5. The van der Waals surface area contributed by atoms with Gasteiger partial charge in [-0.2, -0.15) is 4.98 Å². The predicted octanol–water partition coefficient (Wildman–Crippen LogP) is 3.95. The SMILES string of the molecule is CCOc1nc(C2CCN(C(=O)OC(C)(C)C)C2)ncc1C(=O)Nc1cc(F)c2nc(C)cn2c1. The lowest BCUT2D eigenvalue weighted by Crippen LogP contribution is -2.35. The Morgan fingerprint density at radius 2 is 2.03 bits per heavy atom. The molecule has 11 heteroatoms. The Morgan fingerprint density at radius 3 is 2.74 bits per heavy atom. The van der Waals surface area contributed by atoms with Gasteiger partial charge < -0.3 is 24.1 Å². The quantitative estimate of drug-likeness (QED) is 0.584. The number of nitrogens with zero attached hydrogens (tertiary/aromatic N) is 5. The highest BCUT2D eigenvalue weighted by atomic mass is 19.1. The number of rotatable bonds is 5. The van der Waals surface area contributed by atoms with Crippen LogP contribution >= 0.6 is 0 Å². The van der Waals surface area contributed by atoms with Gasteiger partial charge in [-0.1, -0.05) is 0 Å². The van der Waals surface area contributed by atoms with Gasteiger partial charge in [0, 0.05) is 43.7 Å². The molecule has 4 rings (SSSR count). The summed E-state index contributed by atoms with van der Waals surface area (Å²) in [5.74, 6) is -0.580. The van der Waals surface area contributed by atoms with Gasteiger partial charge in [-0.3, -0.25) is 4.79 Å². The maximum absolute atomic E-state index is 14.4. The number of aryl methyl sites for hydroxylation is 1. The van der Waals surface area contributed by atoms with Crippen molar-refractivity contribution in [2.45, 2.75) is 52.6 Å². The Balaban J connectivity index is 1.51. The minimum absolute atomic E-state index is 0.111. The van der Waals surface area contributed by atoms with E-state index in [2.05, 4.69) is 20.3 Å². The van der Waals surface area contributed by atoms with Crippen LogP contribution in [0.15, 0.2) is 24.7 Å². The third kappa shape index (κ3) is 5.50. The lowest BCUT2D eigenvalue weighted by atomic mass is 10.1. The van der Waals surface area contributed by atoms with Crippen LogP contribution in [0.4, 0.5) is 14.9 Å². The molecule has 0 aromatic carbocycles. The van der Waals surface area contributed by atoms with E-state index in [0.29, 0.717) is 37.6 Å². The summed E-state index contributed by atoms with van der Waals surface area (Å²) in [6.07, 6.45) is 4.93. The smallest absolute Gasteiger partial charge is 0.410 e. The minimum Gasteiger partial charge on any atom is -0.477 e. The third-order valence-corrected chi connectivity index (χ3v) is 5.39. The van der Waals surface area contributed by atoms with E-state index in [1.807, 2.05) is 20.8 Å². The largest absolute Gasteiger partial charge is 0.477 e. The number of fused-ring (bicyclic) bond motifs is 1. The van der Waals surface area contributed by atoms with Gasteiger partial charge in [-0.05, 0) is 41.0 Å². The molecule has 35 heavy (non-hydrogen) atoms. The monoisotopic (exact) mass is 484 g/mol. The zero-order chi connectivity index (χ0) is 25.3. The normalized spacial score (nSPS) is 15.9. The number of carbonyl (C=O) groups is 2. The van der Waals surface area contributed by atoms with Gasteiger partial charge in [-0.15, -0.1) is 0 Å². The van der Waals surface area contributed by atoms with E-state index in [0.717, 1.165) is 0 Å². The number of imidazole rings is 1. The molecular weight excluding hydrogens is 455 g/mol. The summed E-state index contributed by atoms with van der Waals surface area (Å²) < 4.78 is 27.0. The first-order chi connectivity index (χ1) is 16.5. The van der Waals surface area contributed by atoms with Gasteiger partial charge in [-0.25, -0.2) is 19.2 Å². The number of anilines is 1. The number of likely N-dealkylation sites (tertiary alicyclic amines) is 1. The van der Waals surface area contributed by atoms with Gasteiger partial charge in [0.15, 0.2) is 11.5 Å². The second kappa shape index (κ2) is 9.47. The fourth-order valence-corrected chi connectivity index (χ4v) is 3.89. The molecule has 1 fully saturated rings. The molecule has 3 aromatic rings. The second-order valence-corrected chi connectivity index (χ2v) is 9.44. The first kappa shape index (κ1) is 24.4. The van der Waals surface area contributed by atoms with Crippen molar-refractivity contribution in [3.63, 3.8) is 0 Å². The third-order valence-electron chi connectivity index (χ3n) is 5.39. The number of hydrogen-bond donors (Lipinski definition) is 1. The van der Waals surface area contributed by atoms with Crippen molar-refractivity contribution in [1.29, 1.82) is 0 Å². The van der Waals surface area contributed by atoms with E-state index in [4.69, 9.17) is 9.47 Å². The van der Waals surface area contributed by atoms with E-state index in [-0.39, 0.29) is 34.8 Å². The van der Waals surface area contributed by atoms with Crippen LogP contribution in [0.5, 0.6) is 5.88 Å². The highest BCUT2D eigenvalue weighted by Crippen LogP contribution is 2.28. The standard InChI is InChI=1S/C24H29FN6O4/c1-6-34-22-17(21(32)28-16-9-18(25)20-27-14(2)11-31(20)13-16)10-26-19(29-22)15-7-8-30(12-15)23(33)35-24(3,4)5/h9-11,13,15H,6-8,12H2,1-5H3,(H,28,32). The van der Waals surface area contributed by atoms with Gasteiger partial charge >= 0.3 is 6.09 Å². The van der Waals surface area contributed by atoms with Gasteiger partial charge in [0.1, 0.15) is 17.0 Å². The van der Waals surface area contributed by atoms with Crippen molar-refractivity contribution in [1.82, 2.24) is 24.3 Å². The highest BCUT2D eigenvalue weighted by molar-refractivity contribution is 6.05. The topological polar surface area (TPSA) is 111 Å². The van der Waals surface area contributed by atoms with E-state index >= 15 is 0 Å². The molecule has 0 aliphatic carbocycles. The van der Waals surface area contributed by atoms with Crippen LogP contribution in [0, 0.1) is 12.7 Å². The number of nitrogens with one attached hydrogen (secondary N) is 1. The Bertz CT molecular complexity index is 1270. The summed E-state index contributed by atoms with van der Waals surface area (Å²) in [6, 6.07) is 1.21. The van der Waals surface area contributed by atoms with Crippen LogP contribution in [0.25, 0.3) is 5.65 Å². The summed E-state index contributed by atoms with van der Waals surface area (Å²) in [7, 11) is 0. The number of carbonyl (C=O) groups excluding carboxylic acids is 2. The molecule has 1 atom stereocenters. The fourth-order valence-electron chi connectivity index (χ4n) is 3.89. The zero-order valence-electron chi connectivity index (χ0n) is 20.5. The number of pyridine rings is 1. The number of halogens is 1. The number of ether oxygens (including phenoxy) is 2. The summed E-state index contributed by atoms with van der Waals surface area (Å²) >= 11 is 0. The molecule has 2 amide bonds. The molecule has 3 aromatic heterocycles. The van der Waals surface area contributed by atoms with Gasteiger partial charge in [0.2, 0.25) is 5.88 Å². The highest BCUT2D eigenvalue weighted by Gasteiger charge is 2.32. The summed E-state index contributed by atoms with van der Waals surface area (Å²) in [5.41, 5.74) is 0.646. The van der Waals surface area contributed by atoms with Gasteiger partial charge in [0.05, 0.1) is 18.0 Å². The van der Waals surface area contributed by atoms with E-state index in [1.165, 1.54) is 16.7 Å². The van der Waals surface area contributed by atoms with Crippen LogP contribution in [-0.4, -0.2) is 61.6 Å². The van der Waals surface area contributed by atoms with Crippen molar-refractivity contribution >= 4 is 23.3 Å². The molecular formula is C24H29FN6O4. The molecule has 1 saturated heterocycles. The maximum atomic E-state index is 14.4. The number of hydrogen-bond acceptors (Lipinski definition) is 7. The molecule has 0 spiro atoms. The van der Waals surface area contributed by atoms with Crippen molar-refractivity contribution < 1.29 is 23.5 Å². The molecule has 1 N–H and O–H groups in total. The van der Waals surface area contributed by atoms with Crippen LogP contribution in [0.3, 0.4) is 0 Å². The molecule has 10 nitrogen and oxygen atoms in total. The molecule has 4 heterocycles. The van der Waals surface area contributed by atoms with Crippen molar-refractivity contribution in [3.8, 4) is 5.88 Å². The summed E-state index contributed by atoms with van der Waals surface area (Å²) in [6.45, 7) is 10.2. The Morgan fingerprint density at radius 1 is 1.26 bits per heavy atom. The molecule has 186 valence electrons. The summed E-state index contributed by atoms with van der Waals surface area (Å²) in [4.78, 5) is 40.0. The Labute approximate surface area is 202 Å². The van der Waals surface area contributed by atoms with Crippen LogP contribution in [-0.2, 0) is 4.74 Å². The maximum Gasteiger partial charge on any atom is 0.410 e. The van der Waals surface area contributed by atoms with Crippen LogP contribution in [0.2, 0.25) is 0 Å². The Hall–Kier alpha value is -3.76. The van der Waals surface area contributed by atoms with Crippen molar-refractivity contribution in [2.24, 2.45) is 0 Å².